The summed E-state index contributed by atoms with van der Waals surface area (Å²) >= 11 is 0. The van der Waals surface area contributed by atoms with Crippen molar-refractivity contribution in [2.45, 2.75) is 32.7 Å². The molecule has 16 heavy (non-hydrogen) atoms. The summed E-state index contributed by atoms with van der Waals surface area (Å²) in [6.07, 6.45) is 6.80. The summed E-state index contributed by atoms with van der Waals surface area (Å²) in [6, 6.07) is 3.92. The van der Waals surface area contributed by atoms with Gasteiger partial charge in [0, 0.05) is 18.2 Å². The van der Waals surface area contributed by atoms with E-state index in [1.165, 1.54) is 0 Å². The van der Waals surface area contributed by atoms with Gasteiger partial charge in [-0.3, -0.25) is 4.98 Å². The third kappa shape index (κ3) is 3.56. The number of nitrogens with zero attached hydrogens (tertiary/aromatic N) is 1. The summed E-state index contributed by atoms with van der Waals surface area (Å²) in [5.41, 5.74) is 7.77. The van der Waals surface area contributed by atoms with E-state index in [1.807, 2.05) is 19.1 Å². The molecule has 1 atom stereocenters. The van der Waals surface area contributed by atoms with E-state index >= 15 is 0 Å². The van der Waals surface area contributed by atoms with Crippen LogP contribution in [0.1, 0.15) is 24.7 Å². The number of aryl methyl sites for hydroxylation is 1. The van der Waals surface area contributed by atoms with E-state index in [1.54, 1.807) is 0 Å². The van der Waals surface area contributed by atoms with E-state index in [4.69, 9.17) is 16.9 Å². The summed E-state index contributed by atoms with van der Waals surface area (Å²) in [5, 5.41) is 0. The highest BCUT2D eigenvalue weighted by Crippen LogP contribution is 2.18. The Morgan fingerprint density at radius 3 is 2.94 bits per heavy atom. The summed E-state index contributed by atoms with van der Waals surface area (Å²) in [5.74, 6) is 3.19. The minimum absolute atomic E-state index is 0.113. The van der Waals surface area contributed by atoms with Crippen molar-refractivity contribution in [3.05, 3.63) is 23.5 Å². The molecule has 0 radical (unpaired) electrons. The predicted octanol–water partition coefficient (Wildman–Crippen LogP) is 1.68. The zero-order valence-corrected chi connectivity index (χ0v) is 9.86. The van der Waals surface area contributed by atoms with Crippen molar-refractivity contribution in [2.24, 2.45) is 5.73 Å². The summed E-state index contributed by atoms with van der Waals surface area (Å²) in [4.78, 5) is 4.44. The van der Waals surface area contributed by atoms with Crippen molar-refractivity contribution in [2.75, 3.05) is 6.61 Å². The molecule has 1 heterocycles. The Balaban J connectivity index is 2.85. The lowest BCUT2D eigenvalue weighted by Gasteiger charge is -2.13. The Morgan fingerprint density at radius 1 is 1.56 bits per heavy atom. The molecule has 0 aliphatic carbocycles. The molecule has 0 bridgehead atoms. The molecule has 1 aromatic heterocycles. The van der Waals surface area contributed by atoms with E-state index in [0.29, 0.717) is 0 Å². The van der Waals surface area contributed by atoms with Gasteiger partial charge in [-0.1, -0.05) is 12.8 Å². The van der Waals surface area contributed by atoms with Gasteiger partial charge in [-0.05, 0) is 25.5 Å². The molecule has 0 amide bonds. The Labute approximate surface area is 97.0 Å². The quantitative estimate of drug-likeness (QED) is 0.765. The van der Waals surface area contributed by atoms with Crippen LogP contribution in [0.25, 0.3) is 0 Å². The standard InChI is InChI=1S/C13H18N2O/c1-4-8-16-13-7-6-10(3)15-12(13)9-11(14)5-2/h1,6-7,11H,5,8-9,14H2,2-3H3. The number of rotatable bonds is 5. The number of ether oxygens (including phenoxy) is 1. The Bertz CT molecular complexity index is 382. The maximum Gasteiger partial charge on any atom is 0.148 e. The van der Waals surface area contributed by atoms with Gasteiger partial charge in [0.2, 0.25) is 0 Å². The molecule has 1 aromatic rings. The summed E-state index contributed by atoms with van der Waals surface area (Å²) in [7, 11) is 0. The average Bonchev–Trinajstić information content (AvgIpc) is 2.28. The molecule has 0 aromatic carbocycles. The molecule has 2 N–H and O–H groups in total. The van der Waals surface area contributed by atoms with Crippen LogP contribution in [0, 0.1) is 19.3 Å². The van der Waals surface area contributed by atoms with E-state index in [-0.39, 0.29) is 12.6 Å². The van der Waals surface area contributed by atoms with Gasteiger partial charge >= 0.3 is 0 Å². The molecule has 3 nitrogen and oxygen atoms in total. The van der Waals surface area contributed by atoms with Gasteiger partial charge in [-0.25, -0.2) is 0 Å². The average molecular weight is 218 g/mol. The summed E-state index contributed by atoms with van der Waals surface area (Å²) in [6.45, 7) is 4.27. The number of hydrogen-bond donors (Lipinski definition) is 1. The van der Waals surface area contributed by atoms with Crippen LogP contribution in [0.15, 0.2) is 12.1 Å². The number of aromatic nitrogens is 1. The smallest absolute Gasteiger partial charge is 0.148 e. The Morgan fingerprint density at radius 2 is 2.31 bits per heavy atom. The van der Waals surface area contributed by atoms with Crippen LogP contribution in [-0.4, -0.2) is 17.6 Å². The van der Waals surface area contributed by atoms with E-state index < -0.39 is 0 Å². The molecule has 86 valence electrons. The lowest BCUT2D eigenvalue weighted by molar-refractivity contribution is 0.362. The number of pyridine rings is 1. The van der Waals surface area contributed by atoms with Crippen molar-refractivity contribution in [1.82, 2.24) is 4.98 Å². The molecular weight excluding hydrogens is 200 g/mol. The zero-order valence-electron chi connectivity index (χ0n) is 9.86. The van der Waals surface area contributed by atoms with Gasteiger partial charge < -0.3 is 10.5 Å². The fraction of sp³-hybridized carbons (Fsp3) is 0.462. The minimum Gasteiger partial charge on any atom is -0.479 e. The van der Waals surface area contributed by atoms with Crippen LogP contribution in [0.3, 0.4) is 0 Å². The second kappa shape index (κ2) is 6.14. The Kier molecular flexibility index (Phi) is 4.81. The first-order valence-corrected chi connectivity index (χ1v) is 5.45. The molecule has 0 fully saturated rings. The van der Waals surface area contributed by atoms with Crippen LogP contribution in [0.2, 0.25) is 0 Å². The highest BCUT2D eigenvalue weighted by atomic mass is 16.5. The van der Waals surface area contributed by atoms with E-state index in [9.17, 15) is 0 Å². The van der Waals surface area contributed by atoms with Crippen molar-refractivity contribution in [1.29, 1.82) is 0 Å². The first-order valence-electron chi connectivity index (χ1n) is 5.45. The molecule has 0 aliphatic heterocycles. The molecule has 0 saturated carbocycles. The van der Waals surface area contributed by atoms with Gasteiger partial charge in [0.15, 0.2) is 0 Å². The normalized spacial score (nSPS) is 11.9. The highest BCUT2D eigenvalue weighted by molar-refractivity contribution is 5.30. The van der Waals surface area contributed by atoms with Gasteiger partial charge in [-0.15, -0.1) is 6.42 Å². The highest BCUT2D eigenvalue weighted by Gasteiger charge is 2.09. The molecule has 1 unspecified atom stereocenters. The monoisotopic (exact) mass is 218 g/mol. The largest absolute Gasteiger partial charge is 0.479 e. The fourth-order valence-corrected chi connectivity index (χ4v) is 1.39. The third-order valence-corrected chi connectivity index (χ3v) is 2.36. The van der Waals surface area contributed by atoms with Crippen LogP contribution >= 0.6 is 0 Å². The van der Waals surface area contributed by atoms with Crippen molar-refractivity contribution in [3.8, 4) is 18.1 Å². The van der Waals surface area contributed by atoms with E-state index in [2.05, 4.69) is 17.8 Å². The second-order valence-electron chi connectivity index (χ2n) is 3.76. The first-order chi connectivity index (χ1) is 7.67. The van der Waals surface area contributed by atoms with Crippen LogP contribution in [0.4, 0.5) is 0 Å². The minimum atomic E-state index is 0.113. The van der Waals surface area contributed by atoms with Gasteiger partial charge in [0.1, 0.15) is 12.4 Å². The number of nitrogens with two attached hydrogens (primary N) is 1. The zero-order chi connectivity index (χ0) is 12.0. The summed E-state index contributed by atoms with van der Waals surface area (Å²) < 4.78 is 5.43. The van der Waals surface area contributed by atoms with Crippen molar-refractivity contribution < 1.29 is 4.74 Å². The third-order valence-electron chi connectivity index (χ3n) is 2.36. The maximum atomic E-state index is 5.92. The fourth-order valence-electron chi connectivity index (χ4n) is 1.39. The molecule has 3 heteroatoms. The molecule has 0 spiro atoms. The van der Waals surface area contributed by atoms with Crippen molar-refractivity contribution in [3.63, 3.8) is 0 Å². The Hall–Kier alpha value is -1.53. The van der Waals surface area contributed by atoms with Crippen molar-refractivity contribution >= 4 is 0 Å². The van der Waals surface area contributed by atoms with Gasteiger partial charge in [0.25, 0.3) is 0 Å². The van der Waals surface area contributed by atoms with E-state index in [0.717, 1.165) is 30.0 Å². The lowest BCUT2D eigenvalue weighted by Crippen LogP contribution is -2.22. The number of terminal acetylenes is 1. The van der Waals surface area contributed by atoms with Gasteiger partial charge in [0.05, 0.1) is 5.69 Å². The van der Waals surface area contributed by atoms with Gasteiger partial charge in [-0.2, -0.15) is 0 Å². The van der Waals surface area contributed by atoms with Crippen LogP contribution < -0.4 is 10.5 Å². The molecule has 0 saturated heterocycles. The molecular formula is C13H18N2O. The van der Waals surface area contributed by atoms with Crippen LogP contribution in [-0.2, 0) is 6.42 Å². The van der Waals surface area contributed by atoms with Crippen LogP contribution in [0.5, 0.6) is 5.75 Å². The molecule has 1 rings (SSSR count). The number of hydrogen-bond acceptors (Lipinski definition) is 3. The topological polar surface area (TPSA) is 48.1 Å². The maximum absolute atomic E-state index is 5.92. The lowest BCUT2D eigenvalue weighted by atomic mass is 10.1. The molecule has 0 aliphatic rings. The predicted molar refractivity (Wildman–Crippen MR) is 65.3 cm³/mol. The first kappa shape index (κ1) is 12.5. The SMILES string of the molecule is C#CCOc1ccc(C)nc1CC(N)CC. The second-order valence-corrected chi connectivity index (χ2v) is 3.76.